The van der Waals surface area contributed by atoms with E-state index in [-0.39, 0.29) is 37.1 Å². The monoisotopic (exact) mass is 319 g/mol. The summed E-state index contributed by atoms with van der Waals surface area (Å²) in [6.45, 7) is 7.62. The van der Waals surface area contributed by atoms with Crippen LogP contribution < -0.4 is 5.32 Å². The molecule has 1 aliphatic rings. The number of carbonyl (C=O) groups is 1. The van der Waals surface area contributed by atoms with Gasteiger partial charge in [-0.2, -0.15) is 0 Å². The first kappa shape index (κ1) is 19.2. The van der Waals surface area contributed by atoms with Crippen molar-refractivity contribution < 1.29 is 28.5 Å². The minimum absolute atomic E-state index is 0.174. The second-order valence-electron chi connectivity index (χ2n) is 6.36. The largest absolute Gasteiger partial charge is 0.444 e. The third-order valence-electron chi connectivity index (χ3n) is 3.53. The summed E-state index contributed by atoms with van der Waals surface area (Å²) in [6.07, 6.45) is -1.85. The maximum Gasteiger partial charge on any atom is 0.407 e. The highest BCUT2D eigenvalue weighted by molar-refractivity contribution is 5.67. The van der Waals surface area contributed by atoms with Crippen molar-refractivity contribution in [2.24, 2.45) is 0 Å². The topological polar surface area (TPSA) is 75.2 Å². The summed E-state index contributed by atoms with van der Waals surface area (Å²) in [5.41, 5.74) is -0.540. The zero-order valence-electron chi connectivity index (χ0n) is 14.5. The third-order valence-corrected chi connectivity index (χ3v) is 3.53. The van der Waals surface area contributed by atoms with Gasteiger partial charge >= 0.3 is 6.09 Å². The summed E-state index contributed by atoms with van der Waals surface area (Å²) in [6, 6.07) is 0. The standard InChI is InChI=1S/C15H29NO6/c1-9-11(18-5)13(20-7)12(19-6)10(21-9)8-16-14(17)22-15(2,3)4/h9-13H,8H2,1-7H3,(H,16,17)/t9-,10-,11-,12-,13+/m0/s1. The summed E-state index contributed by atoms with van der Waals surface area (Å²) in [4.78, 5) is 11.8. The summed E-state index contributed by atoms with van der Waals surface area (Å²) in [7, 11) is 4.81. The van der Waals surface area contributed by atoms with Gasteiger partial charge in [-0.15, -0.1) is 0 Å². The summed E-state index contributed by atoms with van der Waals surface area (Å²) < 4.78 is 27.6. The SMILES string of the molecule is CO[C@@H]1[C@@H](OC)[C@H](C)O[C@@H](CNC(=O)OC(C)(C)C)[C@@H]1OC. The molecule has 0 saturated carbocycles. The van der Waals surface area contributed by atoms with Gasteiger partial charge in [0.15, 0.2) is 0 Å². The number of methoxy groups -OCH3 is 3. The Balaban J connectivity index is 2.67. The lowest BCUT2D eigenvalue weighted by Gasteiger charge is -2.44. The lowest BCUT2D eigenvalue weighted by molar-refractivity contribution is -0.236. The van der Waals surface area contributed by atoms with Crippen LogP contribution in [0.4, 0.5) is 4.79 Å². The molecule has 130 valence electrons. The first-order valence-electron chi connectivity index (χ1n) is 7.44. The molecule has 0 radical (unpaired) electrons. The smallest absolute Gasteiger partial charge is 0.407 e. The predicted molar refractivity (Wildman–Crippen MR) is 81.0 cm³/mol. The molecule has 7 nitrogen and oxygen atoms in total. The van der Waals surface area contributed by atoms with Gasteiger partial charge in [0, 0.05) is 27.9 Å². The summed E-state index contributed by atoms with van der Waals surface area (Å²) in [5, 5.41) is 2.71. The first-order valence-corrected chi connectivity index (χ1v) is 7.44. The van der Waals surface area contributed by atoms with Gasteiger partial charge in [0.25, 0.3) is 0 Å². The maximum atomic E-state index is 11.8. The number of hydrogen-bond donors (Lipinski definition) is 1. The van der Waals surface area contributed by atoms with Crippen molar-refractivity contribution in [3.8, 4) is 0 Å². The number of carbonyl (C=O) groups excluding carboxylic acids is 1. The highest BCUT2D eigenvalue weighted by Crippen LogP contribution is 2.26. The van der Waals surface area contributed by atoms with E-state index < -0.39 is 11.7 Å². The van der Waals surface area contributed by atoms with E-state index in [4.69, 9.17) is 23.7 Å². The normalized spacial score (nSPS) is 32.6. The van der Waals surface area contributed by atoms with Crippen LogP contribution in [0.25, 0.3) is 0 Å². The number of rotatable bonds is 5. The van der Waals surface area contributed by atoms with E-state index in [2.05, 4.69) is 5.32 Å². The van der Waals surface area contributed by atoms with Gasteiger partial charge in [0.1, 0.15) is 30.0 Å². The molecule has 0 spiro atoms. The lowest BCUT2D eigenvalue weighted by Crippen LogP contribution is -2.61. The molecule has 1 rings (SSSR count). The van der Waals surface area contributed by atoms with Crippen molar-refractivity contribution in [1.29, 1.82) is 0 Å². The fraction of sp³-hybridized carbons (Fsp3) is 0.933. The van der Waals surface area contributed by atoms with E-state index in [1.54, 1.807) is 21.3 Å². The van der Waals surface area contributed by atoms with E-state index in [0.717, 1.165) is 0 Å². The molecule has 1 heterocycles. The molecule has 0 aromatic carbocycles. The lowest BCUT2D eigenvalue weighted by atomic mass is 9.95. The van der Waals surface area contributed by atoms with Crippen LogP contribution in [-0.2, 0) is 23.7 Å². The number of amides is 1. The summed E-state index contributed by atoms with van der Waals surface area (Å²) >= 11 is 0. The fourth-order valence-corrected chi connectivity index (χ4v) is 2.64. The average Bonchev–Trinajstić information content (AvgIpc) is 2.42. The van der Waals surface area contributed by atoms with Crippen LogP contribution >= 0.6 is 0 Å². The van der Waals surface area contributed by atoms with Crippen molar-refractivity contribution in [2.45, 2.75) is 63.8 Å². The Morgan fingerprint density at radius 1 is 1.05 bits per heavy atom. The van der Waals surface area contributed by atoms with Crippen LogP contribution in [-0.4, -0.2) is 70.1 Å². The van der Waals surface area contributed by atoms with Gasteiger partial charge < -0.3 is 29.0 Å². The number of alkyl carbamates (subject to hydrolysis) is 1. The Morgan fingerprint density at radius 2 is 1.59 bits per heavy atom. The highest BCUT2D eigenvalue weighted by atomic mass is 16.6. The summed E-state index contributed by atoms with van der Waals surface area (Å²) in [5.74, 6) is 0. The molecular formula is C15H29NO6. The second kappa shape index (κ2) is 8.10. The number of hydrogen-bond acceptors (Lipinski definition) is 6. The molecule has 0 bridgehead atoms. The molecule has 1 aliphatic heterocycles. The second-order valence-corrected chi connectivity index (χ2v) is 6.36. The van der Waals surface area contributed by atoms with Crippen LogP contribution in [0.1, 0.15) is 27.7 Å². The van der Waals surface area contributed by atoms with Gasteiger partial charge in [0.2, 0.25) is 0 Å². The van der Waals surface area contributed by atoms with Gasteiger partial charge in [-0.1, -0.05) is 0 Å². The van der Waals surface area contributed by atoms with E-state index >= 15 is 0 Å². The van der Waals surface area contributed by atoms with Crippen LogP contribution in [0.2, 0.25) is 0 Å². The molecule has 22 heavy (non-hydrogen) atoms. The number of ether oxygens (including phenoxy) is 5. The number of nitrogens with one attached hydrogen (secondary N) is 1. The molecule has 1 fully saturated rings. The Labute approximate surface area is 132 Å². The molecule has 0 aliphatic carbocycles. The average molecular weight is 319 g/mol. The first-order chi connectivity index (χ1) is 10.2. The Kier molecular flexibility index (Phi) is 7.05. The molecule has 0 aromatic heterocycles. The third kappa shape index (κ3) is 5.08. The van der Waals surface area contributed by atoms with Gasteiger partial charge in [0.05, 0.1) is 6.10 Å². The molecular weight excluding hydrogens is 290 g/mol. The fourth-order valence-electron chi connectivity index (χ4n) is 2.64. The predicted octanol–water partition coefficient (Wildman–Crippen LogP) is 1.34. The van der Waals surface area contributed by atoms with Crippen molar-refractivity contribution in [3.05, 3.63) is 0 Å². The van der Waals surface area contributed by atoms with Crippen molar-refractivity contribution in [3.63, 3.8) is 0 Å². The van der Waals surface area contributed by atoms with E-state index in [1.165, 1.54) is 0 Å². The van der Waals surface area contributed by atoms with E-state index in [1.807, 2.05) is 27.7 Å². The molecule has 1 amide bonds. The van der Waals surface area contributed by atoms with Gasteiger partial charge in [-0.25, -0.2) is 4.79 Å². The Morgan fingerprint density at radius 3 is 2.05 bits per heavy atom. The minimum atomic E-state index is -0.540. The zero-order chi connectivity index (χ0) is 16.9. The quantitative estimate of drug-likeness (QED) is 0.824. The Hall–Kier alpha value is -0.890. The molecule has 0 unspecified atom stereocenters. The molecule has 0 aromatic rings. The van der Waals surface area contributed by atoms with E-state index in [0.29, 0.717) is 0 Å². The zero-order valence-corrected chi connectivity index (χ0v) is 14.5. The van der Waals surface area contributed by atoms with Gasteiger partial charge in [-0.05, 0) is 27.7 Å². The molecule has 1 saturated heterocycles. The van der Waals surface area contributed by atoms with Crippen LogP contribution in [0.15, 0.2) is 0 Å². The van der Waals surface area contributed by atoms with Gasteiger partial charge in [-0.3, -0.25) is 0 Å². The van der Waals surface area contributed by atoms with Crippen LogP contribution in [0.5, 0.6) is 0 Å². The van der Waals surface area contributed by atoms with Crippen LogP contribution in [0.3, 0.4) is 0 Å². The van der Waals surface area contributed by atoms with Crippen molar-refractivity contribution >= 4 is 6.09 Å². The molecule has 1 N–H and O–H groups in total. The van der Waals surface area contributed by atoms with Crippen molar-refractivity contribution in [2.75, 3.05) is 27.9 Å². The Bertz CT molecular complexity index is 356. The van der Waals surface area contributed by atoms with Crippen LogP contribution in [0, 0.1) is 0 Å². The highest BCUT2D eigenvalue weighted by Gasteiger charge is 2.45. The minimum Gasteiger partial charge on any atom is -0.444 e. The molecule has 7 heteroatoms. The maximum absolute atomic E-state index is 11.8. The van der Waals surface area contributed by atoms with E-state index in [9.17, 15) is 4.79 Å². The molecule has 5 atom stereocenters. The van der Waals surface area contributed by atoms with Crippen molar-refractivity contribution in [1.82, 2.24) is 5.32 Å².